The quantitative estimate of drug-likeness (QED) is 0.683. The second-order valence-electron chi connectivity index (χ2n) is 4.56. The van der Waals surface area contributed by atoms with Crippen LogP contribution in [0.15, 0.2) is 0 Å². The Labute approximate surface area is 98.7 Å². The summed E-state index contributed by atoms with van der Waals surface area (Å²) in [5, 5.41) is 3.19. The molecule has 0 aromatic heterocycles. The Morgan fingerprint density at radius 3 is 2.69 bits per heavy atom. The fourth-order valence-electron chi connectivity index (χ4n) is 2.33. The van der Waals surface area contributed by atoms with E-state index in [1.165, 1.54) is 6.26 Å². The molecule has 2 unspecified atom stereocenters. The monoisotopic (exact) mass is 249 g/mol. The van der Waals surface area contributed by atoms with E-state index in [-0.39, 0.29) is 11.3 Å². The molecule has 0 saturated heterocycles. The third-order valence-electron chi connectivity index (χ3n) is 3.18. The van der Waals surface area contributed by atoms with E-state index in [1.807, 2.05) is 0 Å². The molecule has 2 atom stereocenters. The van der Waals surface area contributed by atoms with Crippen LogP contribution in [-0.4, -0.2) is 46.2 Å². The van der Waals surface area contributed by atoms with Gasteiger partial charge in [0.05, 0.1) is 5.25 Å². The van der Waals surface area contributed by atoms with Gasteiger partial charge in [0.2, 0.25) is 0 Å². The van der Waals surface area contributed by atoms with E-state index in [1.54, 1.807) is 7.11 Å². The molecule has 1 aliphatic rings. The van der Waals surface area contributed by atoms with Gasteiger partial charge < -0.3 is 10.1 Å². The highest BCUT2D eigenvalue weighted by atomic mass is 32.2. The molecule has 1 aliphatic carbocycles. The maximum atomic E-state index is 11.5. The Kier molecular flexibility index (Phi) is 5.72. The van der Waals surface area contributed by atoms with E-state index in [4.69, 9.17) is 4.74 Å². The number of rotatable bonds is 7. The first-order valence-electron chi connectivity index (χ1n) is 5.97. The molecule has 0 spiro atoms. The molecule has 0 aliphatic heterocycles. The summed E-state index contributed by atoms with van der Waals surface area (Å²) in [5.74, 6) is 0. The average molecular weight is 249 g/mol. The van der Waals surface area contributed by atoms with Crippen molar-refractivity contribution in [2.75, 3.05) is 26.5 Å². The molecular formula is C11H23NO3S. The molecule has 0 radical (unpaired) electrons. The van der Waals surface area contributed by atoms with Crippen LogP contribution in [0.1, 0.15) is 32.1 Å². The topological polar surface area (TPSA) is 55.4 Å². The molecule has 0 aromatic carbocycles. The van der Waals surface area contributed by atoms with Crippen molar-refractivity contribution >= 4 is 9.84 Å². The predicted octanol–water partition coefficient (Wildman–Crippen LogP) is 0.968. The molecule has 1 saturated carbocycles. The number of nitrogens with one attached hydrogen (secondary N) is 1. The van der Waals surface area contributed by atoms with E-state index in [0.717, 1.165) is 45.3 Å². The SMILES string of the molecule is COCCCCNC1CCCC1S(C)(=O)=O. The number of sulfone groups is 1. The van der Waals surface area contributed by atoms with Crippen LogP contribution in [0.5, 0.6) is 0 Å². The van der Waals surface area contributed by atoms with Crippen molar-refractivity contribution in [2.24, 2.45) is 0 Å². The first-order chi connectivity index (χ1) is 7.55. The van der Waals surface area contributed by atoms with Crippen LogP contribution in [0.25, 0.3) is 0 Å². The van der Waals surface area contributed by atoms with Crippen molar-refractivity contribution in [2.45, 2.75) is 43.4 Å². The Balaban J connectivity index is 2.26. The van der Waals surface area contributed by atoms with E-state index >= 15 is 0 Å². The van der Waals surface area contributed by atoms with Crippen molar-refractivity contribution in [3.05, 3.63) is 0 Å². The zero-order valence-electron chi connectivity index (χ0n) is 10.2. The highest BCUT2D eigenvalue weighted by Gasteiger charge is 2.33. The van der Waals surface area contributed by atoms with Crippen LogP contribution in [-0.2, 0) is 14.6 Å². The van der Waals surface area contributed by atoms with Crippen LogP contribution in [0.4, 0.5) is 0 Å². The van der Waals surface area contributed by atoms with Gasteiger partial charge in [0.25, 0.3) is 0 Å². The van der Waals surface area contributed by atoms with Gasteiger partial charge in [-0.1, -0.05) is 6.42 Å². The molecule has 0 bridgehead atoms. The molecule has 0 aromatic rings. The summed E-state index contributed by atoms with van der Waals surface area (Å²) in [5.41, 5.74) is 0. The summed E-state index contributed by atoms with van der Waals surface area (Å²) in [6.07, 6.45) is 6.24. The smallest absolute Gasteiger partial charge is 0.151 e. The first-order valence-corrected chi connectivity index (χ1v) is 7.92. The lowest BCUT2D eigenvalue weighted by Gasteiger charge is -2.19. The Hall–Kier alpha value is -0.130. The number of unbranched alkanes of at least 4 members (excludes halogenated alkanes) is 1. The molecule has 0 heterocycles. The van der Waals surface area contributed by atoms with Gasteiger partial charge in [0.15, 0.2) is 9.84 Å². The highest BCUT2D eigenvalue weighted by Crippen LogP contribution is 2.24. The second-order valence-corrected chi connectivity index (χ2v) is 6.82. The Morgan fingerprint density at radius 2 is 2.06 bits per heavy atom. The molecule has 16 heavy (non-hydrogen) atoms. The molecule has 1 fully saturated rings. The average Bonchev–Trinajstić information content (AvgIpc) is 2.65. The summed E-state index contributed by atoms with van der Waals surface area (Å²) >= 11 is 0. The minimum atomic E-state index is -2.89. The maximum absolute atomic E-state index is 11.5. The summed E-state index contributed by atoms with van der Waals surface area (Å²) in [7, 11) is -1.19. The van der Waals surface area contributed by atoms with Gasteiger partial charge in [0, 0.05) is 26.0 Å². The molecule has 4 nitrogen and oxygen atoms in total. The fraction of sp³-hybridized carbons (Fsp3) is 1.00. The lowest BCUT2D eigenvalue weighted by molar-refractivity contribution is 0.192. The van der Waals surface area contributed by atoms with Crippen molar-refractivity contribution < 1.29 is 13.2 Å². The van der Waals surface area contributed by atoms with Crippen LogP contribution >= 0.6 is 0 Å². The van der Waals surface area contributed by atoms with Crippen molar-refractivity contribution in [3.8, 4) is 0 Å². The van der Waals surface area contributed by atoms with Gasteiger partial charge in [-0.05, 0) is 32.2 Å². The summed E-state index contributed by atoms with van der Waals surface area (Å²) in [4.78, 5) is 0. The fourth-order valence-corrected chi connectivity index (χ4v) is 3.75. The normalized spacial score (nSPS) is 26.1. The molecular weight excluding hydrogens is 226 g/mol. The van der Waals surface area contributed by atoms with Gasteiger partial charge in [-0.3, -0.25) is 0 Å². The van der Waals surface area contributed by atoms with Crippen LogP contribution in [0, 0.1) is 0 Å². The Bertz CT molecular complexity index is 290. The van der Waals surface area contributed by atoms with Crippen molar-refractivity contribution in [1.82, 2.24) is 5.32 Å². The van der Waals surface area contributed by atoms with Crippen LogP contribution < -0.4 is 5.32 Å². The summed E-state index contributed by atoms with van der Waals surface area (Å²) in [6, 6.07) is 0.164. The standard InChI is InChI=1S/C11H23NO3S/c1-15-9-4-3-8-12-10-6-5-7-11(10)16(2,13)14/h10-12H,3-9H2,1-2H3. The number of hydrogen-bond acceptors (Lipinski definition) is 4. The first kappa shape index (κ1) is 13.9. The van der Waals surface area contributed by atoms with Gasteiger partial charge in [-0.15, -0.1) is 0 Å². The van der Waals surface area contributed by atoms with Crippen LogP contribution in [0.2, 0.25) is 0 Å². The van der Waals surface area contributed by atoms with E-state index < -0.39 is 9.84 Å². The zero-order chi connectivity index (χ0) is 12.0. The van der Waals surface area contributed by atoms with E-state index in [2.05, 4.69) is 5.32 Å². The molecule has 1 rings (SSSR count). The van der Waals surface area contributed by atoms with Crippen molar-refractivity contribution in [1.29, 1.82) is 0 Å². The zero-order valence-corrected chi connectivity index (χ0v) is 11.1. The molecule has 1 N–H and O–H groups in total. The van der Waals surface area contributed by atoms with E-state index in [0.29, 0.717) is 0 Å². The maximum Gasteiger partial charge on any atom is 0.151 e. The largest absolute Gasteiger partial charge is 0.385 e. The number of ether oxygens (including phenoxy) is 1. The van der Waals surface area contributed by atoms with Crippen molar-refractivity contribution in [3.63, 3.8) is 0 Å². The summed E-state index contributed by atoms with van der Waals surface area (Å²) < 4.78 is 28.0. The van der Waals surface area contributed by atoms with Gasteiger partial charge >= 0.3 is 0 Å². The lowest BCUT2D eigenvalue weighted by Crippen LogP contribution is -2.40. The molecule has 0 amide bonds. The van der Waals surface area contributed by atoms with E-state index in [9.17, 15) is 8.42 Å². The number of methoxy groups -OCH3 is 1. The Morgan fingerprint density at radius 1 is 1.31 bits per heavy atom. The van der Waals surface area contributed by atoms with Crippen LogP contribution in [0.3, 0.4) is 0 Å². The van der Waals surface area contributed by atoms with Gasteiger partial charge in [-0.2, -0.15) is 0 Å². The number of hydrogen-bond donors (Lipinski definition) is 1. The minimum absolute atomic E-state index is 0.164. The lowest BCUT2D eigenvalue weighted by atomic mass is 10.2. The predicted molar refractivity (Wildman–Crippen MR) is 65.4 cm³/mol. The third-order valence-corrected chi connectivity index (χ3v) is 4.85. The minimum Gasteiger partial charge on any atom is -0.385 e. The second kappa shape index (κ2) is 6.57. The van der Waals surface area contributed by atoms with Gasteiger partial charge in [-0.25, -0.2) is 8.42 Å². The molecule has 5 heteroatoms. The third kappa shape index (κ3) is 4.39. The molecule has 96 valence electrons. The summed E-state index contributed by atoms with van der Waals surface area (Å²) in [6.45, 7) is 1.67. The highest BCUT2D eigenvalue weighted by molar-refractivity contribution is 7.91. The van der Waals surface area contributed by atoms with Gasteiger partial charge in [0.1, 0.15) is 0 Å².